The molecule has 0 fully saturated rings. The van der Waals surface area contributed by atoms with Crippen molar-refractivity contribution in [3.8, 4) is 0 Å². The van der Waals surface area contributed by atoms with Crippen LogP contribution in [0, 0.1) is 0 Å². The van der Waals surface area contributed by atoms with Crippen LogP contribution in [0.5, 0.6) is 0 Å². The number of hydrogen-bond donors (Lipinski definition) is 0. The highest BCUT2D eigenvalue weighted by Gasteiger charge is 2.25. The summed E-state index contributed by atoms with van der Waals surface area (Å²) in [5.41, 5.74) is 0. The Morgan fingerprint density at radius 2 is 1.18 bits per heavy atom. The quantitative estimate of drug-likeness (QED) is 0.246. The van der Waals surface area contributed by atoms with Crippen molar-refractivity contribution >= 4 is 14.5 Å². The van der Waals surface area contributed by atoms with Crippen molar-refractivity contribution in [1.82, 2.24) is 4.90 Å². The molecule has 0 saturated heterocycles. The summed E-state index contributed by atoms with van der Waals surface area (Å²) in [7, 11) is 0. The van der Waals surface area contributed by atoms with E-state index >= 15 is 0 Å². The lowest BCUT2D eigenvalue weighted by Gasteiger charge is -2.34. The number of rotatable bonds is 16. The van der Waals surface area contributed by atoms with Crippen LogP contribution in [0.3, 0.4) is 0 Å². The second kappa shape index (κ2) is 16.3. The Hall–Kier alpha value is 0.452. The monoisotopic (exact) mass is 327 g/mol. The zero-order chi connectivity index (χ0) is 16.6. The van der Waals surface area contributed by atoms with Crippen LogP contribution >= 0.6 is 0 Å². The Kier molecular flexibility index (Phi) is 16.7. The van der Waals surface area contributed by atoms with E-state index in [2.05, 4.69) is 39.5 Å². The standard InChI is InChI=1S/C11H24NO.2C4H9.Al/c1-4-7-9-12(10-8-5-2)11(13)6-3;2*1-3-4-2;/h11H,4-10H2,1-3H3;2*1,3-4H2,2H3;/q-1;;;+1. The van der Waals surface area contributed by atoms with Crippen molar-refractivity contribution in [2.24, 2.45) is 0 Å². The van der Waals surface area contributed by atoms with Crippen molar-refractivity contribution in [3.05, 3.63) is 0 Å². The molecule has 0 aromatic heterocycles. The van der Waals surface area contributed by atoms with E-state index in [0.717, 1.165) is 6.42 Å². The molecule has 0 radical (unpaired) electrons. The molecule has 3 heteroatoms. The lowest BCUT2D eigenvalue weighted by atomic mass is 10.2. The van der Waals surface area contributed by atoms with Crippen molar-refractivity contribution < 1.29 is 3.79 Å². The van der Waals surface area contributed by atoms with E-state index in [9.17, 15) is 0 Å². The molecule has 0 spiro atoms. The van der Waals surface area contributed by atoms with Crippen LogP contribution in [0.2, 0.25) is 10.6 Å². The Balaban J connectivity index is 4.57. The molecule has 0 bridgehead atoms. The van der Waals surface area contributed by atoms with Crippen molar-refractivity contribution in [3.63, 3.8) is 0 Å². The maximum Gasteiger partial charge on any atom is 0.461 e. The second-order valence-corrected chi connectivity index (χ2v) is 9.32. The molecular formula is C19H42AlNO. The minimum atomic E-state index is -1.01. The Bertz CT molecular complexity index is 209. The van der Waals surface area contributed by atoms with Gasteiger partial charge in [-0.1, -0.05) is 83.7 Å². The van der Waals surface area contributed by atoms with Crippen LogP contribution < -0.4 is 0 Å². The molecular weight excluding hydrogens is 285 g/mol. The van der Waals surface area contributed by atoms with E-state index in [1.165, 1.54) is 75.0 Å². The number of unbranched alkanes of at least 4 members (excludes halogenated alkanes) is 4. The highest BCUT2D eigenvalue weighted by atomic mass is 27.2. The summed E-state index contributed by atoms with van der Waals surface area (Å²) in [6.07, 6.45) is 12.1. The maximum absolute atomic E-state index is 6.72. The van der Waals surface area contributed by atoms with Gasteiger partial charge in [-0.05, 0) is 19.3 Å². The summed E-state index contributed by atoms with van der Waals surface area (Å²) in [6, 6.07) is 0. The molecule has 1 atom stereocenters. The Labute approximate surface area is 145 Å². The fraction of sp³-hybridized carbons (Fsp3) is 1.00. The predicted octanol–water partition coefficient (Wildman–Crippen LogP) is 6.23. The van der Waals surface area contributed by atoms with Crippen LogP contribution in [-0.4, -0.2) is 38.7 Å². The first kappa shape index (κ1) is 22.5. The largest absolute Gasteiger partial charge is 0.487 e. The summed E-state index contributed by atoms with van der Waals surface area (Å²) in [5.74, 6) is 0. The molecule has 0 heterocycles. The van der Waals surface area contributed by atoms with E-state index in [4.69, 9.17) is 3.79 Å². The third-order valence-electron chi connectivity index (χ3n) is 4.46. The summed E-state index contributed by atoms with van der Waals surface area (Å²) in [5, 5.41) is 2.75. The highest BCUT2D eigenvalue weighted by Crippen LogP contribution is 2.17. The second-order valence-electron chi connectivity index (χ2n) is 6.65. The molecule has 22 heavy (non-hydrogen) atoms. The van der Waals surface area contributed by atoms with Crippen LogP contribution in [0.15, 0.2) is 0 Å². The zero-order valence-corrected chi connectivity index (χ0v) is 17.4. The third kappa shape index (κ3) is 11.1. The van der Waals surface area contributed by atoms with Gasteiger partial charge in [0.2, 0.25) is 0 Å². The first-order valence-electron chi connectivity index (χ1n) is 10.1. The third-order valence-corrected chi connectivity index (χ3v) is 7.27. The first-order chi connectivity index (χ1) is 10.7. The fourth-order valence-electron chi connectivity index (χ4n) is 2.93. The lowest BCUT2D eigenvalue weighted by molar-refractivity contribution is 0.0169. The molecule has 132 valence electrons. The topological polar surface area (TPSA) is 12.5 Å². The highest BCUT2D eigenvalue weighted by molar-refractivity contribution is 6.51. The van der Waals surface area contributed by atoms with Crippen LogP contribution in [0.4, 0.5) is 0 Å². The van der Waals surface area contributed by atoms with Gasteiger partial charge in [-0.2, -0.15) is 0 Å². The summed E-state index contributed by atoms with van der Waals surface area (Å²) < 4.78 is 6.72. The Morgan fingerprint density at radius 3 is 1.55 bits per heavy atom. The zero-order valence-electron chi connectivity index (χ0n) is 16.2. The van der Waals surface area contributed by atoms with Gasteiger partial charge in [-0.3, -0.25) is 4.90 Å². The molecule has 0 amide bonds. The normalized spacial score (nSPS) is 12.8. The summed E-state index contributed by atoms with van der Waals surface area (Å²) in [4.78, 5) is 2.64. The molecule has 0 aliphatic carbocycles. The summed E-state index contributed by atoms with van der Waals surface area (Å²) in [6.45, 7) is 13.9. The SMILES string of the molecule is CCCCN(CCCC)C(CC)[O][Al]([CH2]CCC)[CH2]CCC. The van der Waals surface area contributed by atoms with Gasteiger partial charge in [0, 0.05) is 13.1 Å². The minimum Gasteiger partial charge on any atom is -0.487 e. The van der Waals surface area contributed by atoms with E-state index in [0.29, 0.717) is 6.23 Å². The fourth-order valence-corrected chi connectivity index (χ4v) is 6.03. The molecule has 0 aromatic carbocycles. The average molecular weight is 328 g/mol. The number of hydrogen-bond acceptors (Lipinski definition) is 2. The smallest absolute Gasteiger partial charge is 0.461 e. The van der Waals surface area contributed by atoms with Gasteiger partial charge >= 0.3 is 14.5 Å². The lowest BCUT2D eigenvalue weighted by Crippen LogP contribution is -2.41. The molecule has 0 aliphatic heterocycles. The molecule has 0 rings (SSSR count). The van der Waals surface area contributed by atoms with Crippen LogP contribution in [0.1, 0.15) is 92.4 Å². The van der Waals surface area contributed by atoms with Crippen molar-refractivity contribution in [2.45, 2.75) is 109 Å². The molecule has 2 nitrogen and oxygen atoms in total. The predicted molar refractivity (Wildman–Crippen MR) is 102 cm³/mol. The molecule has 0 saturated carbocycles. The van der Waals surface area contributed by atoms with Gasteiger partial charge in [0.05, 0.1) is 6.23 Å². The van der Waals surface area contributed by atoms with E-state index in [1.807, 2.05) is 0 Å². The van der Waals surface area contributed by atoms with Gasteiger partial charge in [-0.25, -0.2) is 0 Å². The molecule has 1 unspecified atom stereocenters. The summed E-state index contributed by atoms with van der Waals surface area (Å²) >= 11 is -1.01. The minimum absolute atomic E-state index is 0.392. The van der Waals surface area contributed by atoms with E-state index in [1.54, 1.807) is 0 Å². The van der Waals surface area contributed by atoms with Gasteiger partial charge in [-0.15, -0.1) is 0 Å². The molecule has 0 aliphatic rings. The van der Waals surface area contributed by atoms with Gasteiger partial charge in [0.1, 0.15) is 0 Å². The van der Waals surface area contributed by atoms with Gasteiger partial charge < -0.3 is 3.79 Å². The molecule has 0 aromatic rings. The maximum atomic E-state index is 6.72. The van der Waals surface area contributed by atoms with Crippen LogP contribution in [-0.2, 0) is 3.79 Å². The first-order valence-corrected chi connectivity index (χ1v) is 12.2. The molecule has 0 N–H and O–H groups in total. The van der Waals surface area contributed by atoms with Gasteiger partial charge in [0.25, 0.3) is 0 Å². The number of nitrogens with zero attached hydrogens (tertiary/aromatic N) is 1. The van der Waals surface area contributed by atoms with Crippen molar-refractivity contribution in [2.75, 3.05) is 13.1 Å². The van der Waals surface area contributed by atoms with E-state index < -0.39 is 14.5 Å². The van der Waals surface area contributed by atoms with Crippen molar-refractivity contribution in [1.29, 1.82) is 0 Å². The van der Waals surface area contributed by atoms with Gasteiger partial charge in [0.15, 0.2) is 0 Å². The average Bonchev–Trinajstić information content (AvgIpc) is 2.55. The Morgan fingerprint density at radius 1 is 0.727 bits per heavy atom. The van der Waals surface area contributed by atoms with E-state index in [-0.39, 0.29) is 0 Å². The van der Waals surface area contributed by atoms with Crippen LogP contribution in [0.25, 0.3) is 0 Å².